The van der Waals surface area contributed by atoms with E-state index >= 15 is 0 Å². The number of aryl methyl sites for hydroxylation is 1. The number of carbonyl (C=O) groups excluding carboxylic acids is 1. The van der Waals surface area contributed by atoms with Crippen molar-refractivity contribution in [2.75, 3.05) is 6.61 Å². The molecule has 0 bridgehead atoms. The van der Waals surface area contributed by atoms with Crippen molar-refractivity contribution < 1.29 is 27.8 Å². The monoisotopic (exact) mass is 336 g/mol. The quantitative estimate of drug-likeness (QED) is 0.681. The largest absolute Gasteiger partial charge is 0.493 e. The average molecular weight is 336 g/mol. The summed E-state index contributed by atoms with van der Waals surface area (Å²) in [6, 6.07) is 13.4. The van der Waals surface area contributed by atoms with E-state index < -0.39 is 12.6 Å². The van der Waals surface area contributed by atoms with Crippen molar-refractivity contribution in [3.63, 3.8) is 0 Å². The molecular formula is C18H18F2O4. The molecule has 0 heterocycles. The second-order valence-corrected chi connectivity index (χ2v) is 5.09. The molecule has 4 nitrogen and oxygen atoms in total. The molecule has 6 heteroatoms. The molecule has 0 fully saturated rings. The minimum absolute atomic E-state index is 0.0616. The van der Waals surface area contributed by atoms with Gasteiger partial charge in [0.1, 0.15) is 18.1 Å². The van der Waals surface area contributed by atoms with E-state index in [1.807, 2.05) is 31.2 Å². The van der Waals surface area contributed by atoms with Crippen molar-refractivity contribution in [2.24, 2.45) is 0 Å². The summed E-state index contributed by atoms with van der Waals surface area (Å²) in [6.07, 6.45) is 0.125. The topological polar surface area (TPSA) is 44.8 Å². The fraction of sp³-hybridized carbons (Fsp3) is 0.278. The zero-order valence-electron chi connectivity index (χ0n) is 13.2. The Labute approximate surface area is 139 Å². The van der Waals surface area contributed by atoms with Crippen molar-refractivity contribution in [3.8, 4) is 11.5 Å². The predicted octanol–water partition coefficient (Wildman–Crippen LogP) is 4.11. The molecule has 2 rings (SSSR count). The van der Waals surface area contributed by atoms with Crippen LogP contribution in [0.3, 0.4) is 0 Å². The van der Waals surface area contributed by atoms with Crippen molar-refractivity contribution in [1.82, 2.24) is 0 Å². The average Bonchev–Trinajstić information content (AvgIpc) is 2.55. The van der Waals surface area contributed by atoms with Crippen LogP contribution in [0.15, 0.2) is 48.5 Å². The van der Waals surface area contributed by atoms with Crippen LogP contribution in [0.4, 0.5) is 8.78 Å². The van der Waals surface area contributed by atoms with Crippen LogP contribution in [0.5, 0.6) is 11.5 Å². The molecule has 0 aliphatic carbocycles. The Morgan fingerprint density at radius 2 is 1.62 bits per heavy atom. The summed E-state index contributed by atoms with van der Waals surface area (Å²) in [5.41, 5.74) is 1.82. The van der Waals surface area contributed by atoms with Crippen LogP contribution >= 0.6 is 0 Å². The number of ether oxygens (including phenoxy) is 3. The third-order valence-electron chi connectivity index (χ3n) is 3.14. The van der Waals surface area contributed by atoms with Gasteiger partial charge in [-0.25, -0.2) is 0 Å². The van der Waals surface area contributed by atoms with Gasteiger partial charge in [0.15, 0.2) is 0 Å². The van der Waals surface area contributed by atoms with Gasteiger partial charge in [0, 0.05) is 0 Å². The number of benzene rings is 2. The Bertz CT molecular complexity index is 639. The molecular weight excluding hydrogens is 318 g/mol. The van der Waals surface area contributed by atoms with Crippen LogP contribution in [-0.4, -0.2) is 19.2 Å². The molecule has 0 aliphatic heterocycles. The van der Waals surface area contributed by atoms with Gasteiger partial charge in [-0.05, 0) is 36.8 Å². The molecule has 0 N–H and O–H groups in total. The molecule has 0 saturated carbocycles. The Morgan fingerprint density at radius 3 is 2.25 bits per heavy atom. The van der Waals surface area contributed by atoms with E-state index in [9.17, 15) is 13.6 Å². The second kappa shape index (κ2) is 8.86. The zero-order valence-corrected chi connectivity index (χ0v) is 13.2. The first kappa shape index (κ1) is 17.7. The Balaban J connectivity index is 1.68. The number of hydrogen-bond acceptors (Lipinski definition) is 4. The summed E-state index contributed by atoms with van der Waals surface area (Å²) in [5.74, 6) is 0.365. The predicted molar refractivity (Wildman–Crippen MR) is 84.2 cm³/mol. The van der Waals surface area contributed by atoms with Gasteiger partial charge in [-0.1, -0.05) is 29.8 Å². The van der Waals surface area contributed by atoms with Crippen LogP contribution in [-0.2, 0) is 16.1 Å². The number of halogens is 2. The lowest BCUT2D eigenvalue weighted by molar-refractivity contribution is -0.145. The molecule has 0 aromatic heterocycles. The van der Waals surface area contributed by atoms with Crippen LogP contribution in [0.25, 0.3) is 0 Å². The minimum atomic E-state index is -2.86. The Hall–Kier alpha value is -2.63. The molecule has 0 saturated heterocycles. The lowest BCUT2D eigenvalue weighted by atomic mass is 10.2. The van der Waals surface area contributed by atoms with Gasteiger partial charge < -0.3 is 14.2 Å². The number of carbonyl (C=O) groups is 1. The van der Waals surface area contributed by atoms with Gasteiger partial charge in [-0.2, -0.15) is 8.78 Å². The normalized spacial score (nSPS) is 10.5. The SMILES string of the molecule is Cc1ccc(OCCC(=O)OCc2ccc(OC(F)F)cc2)cc1. The summed E-state index contributed by atoms with van der Waals surface area (Å²) in [6.45, 7) is -0.587. The third-order valence-corrected chi connectivity index (χ3v) is 3.14. The van der Waals surface area contributed by atoms with E-state index in [1.54, 1.807) is 12.1 Å². The Kier molecular flexibility index (Phi) is 6.54. The molecule has 0 atom stereocenters. The summed E-state index contributed by atoms with van der Waals surface area (Å²) >= 11 is 0. The van der Waals surface area contributed by atoms with Crippen molar-refractivity contribution in [3.05, 3.63) is 59.7 Å². The molecule has 0 spiro atoms. The van der Waals surface area contributed by atoms with Gasteiger partial charge in [0.25, 0.3) is 0 Å². The number of hydrogen-bond donors (Lipinski definition) is 0. The molecule has 2 aromatic rings. The van der Waals surface area contributed by atoms with Gasteiger partial charge in [-0.15, -0.1) is 0 Å². The number of rotatable bonds is 8. The molecule has 0 unspecified atom stereocenters. The molecule has 128 valence electrons. The maximum atomic E-state index is 12.0. The van der Waals surface area contributed by atoms with E-state index in [0.717, 1.165) is 5.56 Å². The smallest absolute Gasteiger partial charge is 0.387 e. The maximum Gasteiger partial charge on any atom is 0.387 e. The lowest BCUT2D eigenvalue weighted by Crippen LogP contribution is -2.10. The van der Waals surface area contributed by atoms with E-state index in [-0.39, 0.29) is 25.4 Å². The fourth-order valence-corrected chi connectivity index (χ4v) is 1.89. The molecule has 2 aromatic carbocycles. The van der Waals surface area contributed by atoms with Gasteiger partial charge in [-0.3, -0.25) is 4.79 Å². The highest BCUT2D eigenvalue weighted by molar-refractivity contribution is 5.69. The van der Waals surface area contributed by atoms with E-state index in [1.165, 1.54) is 12.1 Å². The minimum Gasteiger partial charge on any atom is -0.493 e. The highest BCUT2D eigenvalue weighted by Crippen LogP contribution is 2.15. The summed E-state index contributed by atoms with van der Waals surface area (Å²) < 4.78 is 38.9. The first-order valence-electron chi connectivity index (χ1n) is 7.42. The van der Waals surface area contributed by atoms with E-state index in [0.29, 0.717) is 11.3 Å². The second-order valence-electron chi connectivity index (χ2n) is 5.09. The molecule has 0 radical (unpaired) electrons. The van der Waals surface area contributed by atoms with Crippen molar-refractivity contribution in [2.45, 2.75) is 26.6 Å². The molecule has 24 heavy (non-hydrogen) atoms. The van der Waals surface area contributed by atoms with Gasteiger partial charge in [0.05, 0.1) is 13.0 Å². The van der Waals surface area contributed by atoms with Gasteiger partial charge in [0.2, 0.25) is 0 Å². The molecule has 0 aliphatic rings. The highest BCUT2D eigenvalue weighted by atomic mass is 19.3. The van der Waals surface area contributed by atoms with E-state index in [4.69, 9.17) is 9.47 Å². The Morgan fingerprint density at radius 1 is 1.00 bits per heavy atom. The summed E-state index contributed by atoms with van der Waals surface area (Å²) in [7, 11) is 0. The third kappa shape index (κ3) is 6.24. The number of alkyl halides is 2. The van der Waals surface area contributed by atoms with Crippen LogP contribution in [0.2, 0.25) is 0 Å². The standard InChI is InChI=1S/C18H18F2O4/c1-13-2-6-15(7-3-13)22-11-10-17(21)23-12-14-4-8-16(9-5-14)24-18(19)20/h2-9,18H,10-12H2,1H3. The van der Waals surface area contributed by atoms with Crippen molar-refractivity contribution >= 4 is 5.97 Å². The summed E-state index contributed by atoms with van der Waals surface area (Å²) in [4.78, 5) is 11.6. The fourth-order valence-electron chi connectivity index (χ4n) is 1.89. The van der Waals surface area contributed by atoms with Crippen LogP contribution < -0.4 is 9.47 Å². The van der Waals surface area contributed by atoms with Crippen LogP contribution in [0.1, 0.15) is 17.5 Å². The zero-order chi connectivity index (χ0) is 17.4. The molecule has 0 amide bonds. The number of esters is 1. The van der Waals surface area contributed by atoms with Crippen molar-refractivity contribution in [1.29, 1.82) is 0 Å². The van der Waals surface area contributed by atoms with Gasteiger partial charge >= 0.3 is 12.6 Å². The highest BCUT2D eigenvalue weighted by Gasteiger charge is 2.06. The summed E-state index contributed by atoms with van der Waals surface area (Å²) in [5, 5.41) is 0. The van der Waals surface area contributed by atoms with Crippen LogP contribution in [0, 0.1) is 6.92 Å². The maximum absolute atomic E-state index is 12.0. The lowest BCUT2D eigenvalue weighted by Gasteiger charge is -2.08. The van der Waals surface area contributed by atoms with E-state index in [2.05, 4.69) is 4.74 Å². The first-order chi connectivity index (χ1) is 11.5. The first-order valence-corrected chi connectivity index (χ1v) is 7.42.